The molecule has 0 amide bonds. The molecule has 7 aromatic rings. The summed E-state index contributed by atoms with van der Waals surface area (Å²) in [5.41, 5.74) is 7.19. The first-order valence-electron chi connectivity index (χ1n) is 11.7. The van der Waals surface area contributed by atoms with Gasteiger partial charge in [-0.15, -0.1) is 0 Å². The minimum atomic E-state index is 0.651. The van der Waals surface area contributed by atoms with Gasteiger partial charge in [-0.1, -0.05) is 84.4 Å². The average molecular weight is 549 g/mol. The number of benzene rings is 5. The molecule has 5 aromatic carbocycles. The number of imidazole rings is 1. The molecule has 0 fully saturated rings. The van der Waals surface area contributed by atoms with Gasteiger partial charge in [-0.25, -0.2) is 4.98 Å². The van der Waals surface area contributed by atoms with Crippen LogP contribution < -0.4 is 0 Å². The van der Waals surface area contributed by atoms with Crippen molar-refractivity contribution in [3.63, 3.8) is 0 Å². The van der Waals surface area contributed by atoms with Crippen LogP contribution >= 0.6 is 27.5 Å². The smallest absolute Gasteiger partial charge is 0.145 e. The van der Waals surface area contributed by atoms with E-state index in [-0.39, 0.29) is 0 Å². The summed E-state index contributed by atoms with van der Waals surface area (Å²) in [6.45, 7) is 0. The van der Waals surface area contributed by atoms with Gasteiger partial charge in [-0.2, -0.15) is 0 Å². The van der Waals surface area contributed by atoms with Crippen molar-refractivity contribution in [1.82, 2.24) is 14.1 Å². The van der Waals surface area contributed by atoms with E-state index in [2.05, 4.69) is 97.9 Å². The van der Waals surface area contributed by atoms with Gasteiger partial charge in [0.05, 0.1) is 27.3 Å². The van der Waals surface area contributed by atoms with Crippen molar-refractivity contribution in [3.8, 4) is 22.8 Å². The normalized spacial score (nSPS) is 11.6. The van der Waals surface area contributed by atoms with E-state index in [0.29, 0.717) is 5.02 Å². The molecule has 3 nitrogen and oxygen atoms in total. The Morgan fingerprint density at radius 3 is 2.14 bits per heavy atom. The molecule has 7 rings (SSSR count). The number of nitrogens with zero attached hydrogens (tertiary/aromatic N) is 3. The van der Waals surface area contributed by atoms with E-state index < -0.39 is 0 Å². The van der Waals surface area contributed by atoms with E-state index in [1.54, 1.807) is 0 Å². The highest BCUT2D eigenvalue weighted by Crippen LogP contribution is 2.40. The Labute approximate surface area is 221 Å². The van der Waals surface area contributed by atoms with Gasteiger partial charge in [-0.3, -0.25) is 4.57 Å². The fourth-order valence-electron chi connectivity index (χ4n) is 5.13. The highest BCUT2D eigenvalue weighted by Gasteiger charge is 2.22. The molecular weight excluding hydrogens is 530 g/mol. The van der Waals surface area contributed by atoms with E-state index in [1.165, 1.54) is 10.8 Å². The predicted molar refractivity (Wildman–Crippen MR) is 154 cm³/mol. The molecule has 0 aliphatic rings. The van der Waals surface area contributed by atoms with Crippen molar-refractivity contribution in [1.29, 1.82) is 0 Å². The lowest BCUT2D eigenvalue weighted by atomic mass is 10.1. The van der Waals surface area contributed by atoms with Crippen molar-refractivity contribution >= 4 is 60.4 Å². The van der Waals surface area contributed by atoms with Gasteiger partial charge in [0.25, 0.3) is 0 Å². The number of para-hydroxylation sites is 2. The summed E-state index contributed by atoms with van der Waals surface area (Å²) >= 11 is 10.5. The molecular formula is C31H19BrClN3. The highest BCUT2D eigenvalue weighted by molar-refractivity contribution is 9.10. The first-order valence-corrected chi connectivity index (χ1v) is 12.9. The Hall–Kier alpha value is -3.86. The summed E-state index contributed by atoms with van der Waals surface area (Å²) in [4.78, 5) is 5.31. The van der Waals surface area contributed by atoms with Crippen LogP contribution in [0.25, 0.3) is 55.6 Å². The molecule has 0 atom stereocenters. The second kappa shape index (κ2) is 8.37. The quantitative estimate of drug-likeness (QED) is 0.216. The first-order chi connectivity index (χ1) is 17.7. The van der Waals surface area contributed by atoms with Gasteiger partial charge >= 0.3 is 0 Å². The molecule has 0 unspecified atom stereocenters. The van der Waals surface area contributed by atoms with Crippen LogP contribution in [0.3, 0.4) is 0 Å². The monoisotopic (exact) mass is 547 g/mol. The van der Waals surface area contributed by atoms with Crippen LogP contribution in [-0.4, -0.2) is 14.1 Å². The number of halogens is 2. The molecule has 0 radical (unpaired) electrons. The summed E-state index contributed by atoms with van der Waals surface area (Å²) in [7, 11) is 0. The summed E-state index contributed by atoms with van der Waals surface area (Å²) in [5, 5.41) is 3.03. The Kier molecular flexibility index (Phi) is 4.98. The van der Waals surface area contributed by atoms with Gasteiger partial charge in [0, 0.05) is 26.5 Å². The van der Waals surface area contributed by atoms with E-state index in [0.717, 1.165) is 49.3 Å². The molecule has 0 aliphatic carbocycles. The van der Waals surface area contributed by atoms with Gasteiger partial charge < -0.3 is 4.57 Å². The Morgan fingerprint density at radius 2 is 1.33 bits per heavy atom. The SMILES string of the molecule is Clc1c(Br)cccc1-n1c(-c2ccccc2)nc2c1ccc1c3ccccc3n(-c3ccccc3)c12. The van der Waals surface area contributed by atoms with Crippen LogP contribution in [0, 0.1) is 0 Å². The minimum absolute atomic E-state index is 0.651. The van der Waals surface area contributed by atoms with Crippen molar-refractivity contribution in [2.75, 3.05) is 0 Å². The molecule has 0 N–H and O–H groups in total. The zero-order valence-electron chi connectivity index (χ0n) is 19.1. The summed E-state index contributed by atoms with van der Waals surface area (Å²) < 4.78 is 5.34. The summed E-state index contributed by atoms with van der Waals surface area (Å²) in [5.74, 6) is 0.850. The number of aromatic nitrogens is 3. The van der Waals surface area contributed by atoms with Crippen LogP contribution in [0.2, 0.25) is 5.02 Å². The van der Waals surface area contributed by atoms with Crippen LogP contribution in [0.5, 0.6) is 0 Å². The van der Waals surface area contributed by atoms with Crippen molar-refractivity contribution in [2.45, 2.75) is 0 Å². The molecule has 2 heterocycles. The van der Waals surface area contributed by atoms with Crippen molar-refractivity contribution in [3.05, 3.63) is 125 Å². The number of hydrogen-bond acceptors (Lipinski definition) is 1. The molecule has 0 saturated carbocycles. The van der Waals surface area contributed by atoms with Crippen LogP contribution in [0.15, 0.2) is 120 Å². The second-order valence-electron chi connectivity index (χ2n) is 8.73. The van der Waals surface area contributed by atoms with Crippen LogP contribution in [-0.2, 0) is 0 Å². The topological polar surface area (TPSA) is 22.8 Å². The highest BCUT2D eigenvalue weighted by atomic mass is 79.9. The number of hydrogen-bond donors (Lipinski definition) is 0. The zero-order chi connectivity index (χ0) is 24.2. The largest absolute Gasteiger partial charge is 0.307 e. The lowest BCUT2D eigenvalue weighted by Crippen LogP contribution is -1.99. The maximum absolute atomic E-state index is 6.85. The molecule has 0 saturated heterocycles. The Bertz CT molecular complexity index is 1900. The van der Waals surface area contributed by atoms with E-state index >= 15 is 0 Å². The van der Waals surface area contributed by atoms with Crippen LogP contribution in [0.4, 0.5) is 0 Å². The Morgan fingerprint density at radius 1 is 0.611 bits per heavy atom. The third-order valence-electron chi connectivity index (χ3n) is 6.68. The molecule has 36 heavy (non-hydrogen) atoms. The molecule has 2 aromatic heterocycles. The summed E-state index contributed by atoms with van der Waals surface area (Å²) in [6.07, 6.45) is 0. The van der Waals surface area contributed by atoms with Crippen LogP contribution in [0.1, 0.15) is 0 Å². The first kappa shape index (κ1) is 21.4. The molecule has 0 spiro atoms. The molecule has 5 heteroatoms. The summed E-state index contributed by atoms with van der Waals surface area (Å²) in [6, 6.07) is 39.7. The fourth-order valence-corrected chi connectivity index (χ4v) is 5.69. The zero-order valence-corrected chi connectivity index (χ0v) is 21.4. The van der Waals surface area contributed by atoms with Gasteiger partial charge in [0.15, 0.2) is 0 Å². The van der Waals surface area contributed by atoms with E-state index in [1.807, 2.05) is 42.5 Å². The fraction of sp³-hybridized carbons (Fsp3) is 0. The maximum Gasteiger partial charge on any atom is 0.145 e. The average Bonchev–Trinajstić information content (AvgIpc) is 3.47. The third-order valence-corrected chi connectivity index (χ3v) is 7.96. The minimum Gasteiger partial charge on any atom is -0.307 e. The lowest BCUT2D eigenvalue weighted by Gasteiger charge is -2.12. The van der Waals surface area contributed by atoms with Gasteiger partial charge in [0.1, 0.15) is 11.3 Å². The lowest BCUT2D eigenvalue weighted by molar-refractivity contribution is 1.10. The van der Waals surface area contributed by atoms with Crippen molar-refractivity contribution < 1.29 is 0 Å². The predicted octanol–water partition coefficient (Wildman–Crippen LogP) is 9.21. The van der Waals surface area contributed by atoms with E-state index in [9.17, 15) is 0 Å². The maximum atomic E-state index is 6.85. The number of rotatable bonds is 3. The third kappa shape index (κ3) is 3.15. The Balaban J connectivity index is 1.69. The van der Waals surface area contributed by atoms with E-state index in [4.69, 9.17) is 16.6 Å². The van der Waals surface area contributed by atoms with Gasteiger partial charge in [0.2, 0.25) is 0 Å². The van der Waals surface area contributed by atoms with Crippen molar-refractivity contribution in [2.24, 2.45) is 0 Å². The molecule has 0 bridgehead atoms. The second-order valence-corrected chi connectivity index (χ2v) is 9.96. The molecule has 172 valence electrons. The van der Waals surface area contributed by atoms with Gasteiger partial charge in [-0.05, 0) is 58.4 Å². The standard InChI is InChI=1S/C31H19BrClN3/c32-24-15-9-17-26(28(24)33)36-27-19-18-23-22-14-7-8-16-25(22)35(21-12-5-2-6-13-21)30(23)29(27)34-31(36)20-10-3-1-4-11-20/h1-19H. The number of fused-ring (bicyclic) bond motifs is 5. The molecule has 0 aliphatic heterocycles.